The third-order valence-corrected chi connectivity index (χ3v) is 4.48. The molecule has 1 aliphatic heterocycles. The number of anilines is 1. The Morgan fingerprint density at radius 2 is 2.09 bits per heavy atom. The van der Waals surface area contributed by atoms with E-state index in [1.54, 1.807) is 12.1 Å². The van der Waals surface area contributed by atoms with Gasteiger partial charge in [0, 0.05) is 10.7 Å². The summed E-state index contributed by atoms with van der Waals surface area (Å²) in [7, 11) is 0. The van der Waals surface area contributed by atoms with Crippen LogP contribution in [0.25, 0.3) is 0 Å². The van der Waals surface area contributed by atoms with Crippen molar-refractivity contribution in [3.63, 3.8) is 0 Å². The van der Waals surface area contributed by atoms with E-state index < -0.39 is 0 Å². The number of rotatable bonds is 3. The molecule has 0 aliphatic carbocycles. The summed E-state index contributed by atoms with van der Waals surface area (Å²) in [5.74, 6) is -0.256. The standard InChI is InChI=1S/C16H20ClN5O/c1-10-3-4-12(17)9-14(10)19-16(23)15-11(2)22(21-20-15)13-5-7-18-8-6-13/h3-4,9,13,18H,5-8H2,1-2H3,(H,19,23). The van der Waals surface area contributed by atoms with Crippen LogP contribution in [-0.2, 0) is 0 Å². The summed E-state index contributed by atoms with van der Waals surface area (Å²) >= 11 is 5.99. The molecule has 0 radical (unpaired) electrons. The third kappa shape index (κ3) is 3.38. The lowest BCUT2D eigenvalue weighted by atomic mass is 10.1. The van der Waals surface area contributed by atoms with Crippen LogP contribution in [0.4, 0.5) is 5.69 Å². The summed E-state index contributed by atoms with van der Waals surface area (Å²) in [6.07, 6.45) is 2.00. The van der Waals surface area contributed by atoms with Gasteiger partial charge in [0.2, 0.25) is 0 Å². The predicted molar refractivity (Wildman–Crippen MR) is 90.0 cm³/mol. The molecule has 2 heterocycles. The van der Waals surface area contributed by atoms with Crippen LogP contribution in [0.15, 0.2) is 18.2 Å². The number of carbonyl (C=O) groups is 1. The van der Waals surface area contributed by atoms with Crippen LogP contribution >= 0.6 is 11.6 Å². The van der Waals surface area contributed by atoms with E-state index in [1.807, 2.05) is 24.6 Å². The average Bonchev–Trinajstić information content (AvgIpc) is 2.93. The van der Waals surface area contributed by atoms with Crippen molar-refractivity contribution < 1.29 is 4.79 Å². The molecule has 7 heteroatoms. The molecule has 0 unspecified atom stereocenters. The molecule has 1 aromatic carbocycles. The van der Waals surface area contributed by atoms with E-state index in [1.165, 1.54) is 0 Å². The molecule has 6 nitrogen and oxygen atoms in total. The number of benzene rings is 1. The molecule has 1 fully saturated rings. The van der Waals surface area contributed by atoms with Crippen LogP contribution in [0.3, 0.4) is 0 Å². The molecular weight excluding hydrogens is 314 g/mol. The fourth-order valence-electron chi connectivity index (χ4n) is 2.86. The number of hydrogen-bond acceptors (Lipinski definition) is 4. The van der Waals surface area contributed by atoms with Crippen molar-refractivity contribution in [1.29, 1.82) is 0 Å². The highest BCUT2D eigenvalue weighted by molar-refractivity contribution is 6.31. The summed E-state index contributed by atoms with van der Waals surface area (Å²) in [5, 5.41) is 15.1. The summed E-state index contributed by atoms with van der Waals surface area (Å²) in [5.41, 5.74) is 2.81. The Bertz CT molecular complexity index is 721. The molecular formula is C16H20ClN5O. The van der Waals surface area contributed by atoms with Gasteiger partial charge < -0.3 is 10.6 Å². The van der Waals surface area contributed by atoms with E-state index in [-0.39, 0.29) is 5.91 Å². The second-order valence-electron chi connectivity index (χ2n) is 5.86. The maximum absolute atomic E-state index is 12.5. The van der Waals surface area contributed by atoms with Crippen molar-refractivity contribution in [2.45, 2.75) is 32.7 Å². The molecule has 0 bridgehead atoms. The average molecular weight is 334 g/mol. The molecule has 1 aromatic heterocycles. The number of aromatic nitrogens is 3. The molecule has 2 aromatic rings. The van der Waals surface area contributed by atoms with Crippen LogP contribution in [0.1, 0.15) is 40.6 Å². The minimum absolute atomic E-state index is 0.256. The SMILES string of the molecule is Cc1ccc(Cl)cc1NC(=O)c1nnn(C2CCNCC2)c1C. The van der Waals surface area contributed by atoms with Gasteiger partial charge in [0.05, 0.1) is 11.7 Å². The highest BCUT2D eigenvalue weighted by atomic mass is 35.5. The highest BCUT2D eigenvalue weighted by Gasteiger charge is 2.23. The van der Waals surface area contributed by atoms with Crippen LogP contribution in [0, 0.1) is 13.8 Å². The lowest BCUT2D eigenvalue weighted by Crippen LogP contribution is -2.30. The second-order valence-corrected chi connectivity index (χ2v) is 6.30. The maximum Gasteiger partial charge on any atom is 0.278 e. The van der Waals surface area contributed by atoms with Gasteiger partial charge in [-0.05, 0) is 57.5 Å². The van der Waals surface area contributed by atoms with E-state index in [4.69, 9.17) is 11.6 Å². The zero-order valence-corrected chi connectivity index (χ0v) is 14.0. The van der Waals surface area contributed by atoms with Crippen molar-refractivity contribution >= 4 is 23.2 Å². The molecule has 1 saturated heterocycles. The van der Waals surface area contributed by atoms with Crippen LogP contribution in [-0.4, -0.2) is 34.0 Å². The quantitative estimate of drug-likeness (QED) is 0.906. The second kappa shape index (κ2) is 6.68. The van der Waals surface area contributed by atoms with Gasteiger partial charge in [-0.15, -0.1) is 5.10 Å². The number of aryl methyl sites for hydroxylation is 1. The smallest absolute Gasteiger partial charge is 0.278 e. The summed E-state index contributed by atoms with van der Waals surface area (Å²) < 4.78 is 1.88. The number of nitrogens with zero attached hydrogens (tertiary/aromatic N) is 3. The molecule has 1 aliphatic rings. The first kappa shape index (κ1) is 16.0. The van der Waals surface area contributed by atoms with Crippen LogP contribution in [0.5, 0.6) is 0 Å². The van der Waals surface area contributed by atoms with Gasteiger partial charge in [0.15, 0.2) is 5.69 Å². The van der Waals surface area contributed by atoms with E-state index in [2.05, 4.69) is 20.9 Å². The third-order valence-electron chi connectivity index (χ3n) is 4.24. The molecule has 0 atom stereocenters. The number of nitrogens with one attached hydrogen (secondary N) is 2. The van der Waals surface area contributed by atoms with Gasteiger partial charge >= 0.3 is 0 Å². The maximum atomic E-state index is 12.5. The molecule has 0 saturated carbocycles. The van der Waals surface area contributed by atoms with Gasteiger partial charge in [-0.2, -0.15) is 0 Å². The number of carbonyl (C=O) groups excluding carboxylic acids is 1. The Morgan fingerprint density at radius 3 is 2.83 bits per heavy atom. The first-order chi connectivity index (χ1) is 11.1. The van der Waals surface area contributed by atoms with Crippen LogP contribution in [0.2, 0.25) is 5.02 Å². The van der Waals surface area contributed by atoms with Gasteiger partial charge in [-0.1, -0.05) is 22.9 Å². The van der Waals surface area contributed by atoms with E-state index >= 15 is 0 Å². The van der Waals surface area contributed by atoms with Gasteiger partial charge in [0.25, 0.3) is 5.91 Å². The number of piperidine rings is 1. The minimum atomic E-state index is -0.256. The number of amides is 1. The molecule has 3 rings (SSSR count). The first-order valence-electron chi connectivity index (χ1n) is 7.76. The fourth-order valence-corrected chi connectivity index (χ4v) is 3.03. The van der Waals surface area contributed by atoms with Crippen molar-refractivity contribution in [2.24, 2.45) is 0 Å². The monoisotopic (exact) mass is 333 g/mol. The van der Waals surface area contributed by atoms with Crippen LogP contribution < -0.4 is 10.6 Å². The summed E-state index contributed by atoms with van der Waals surface area (Å²) in [6.45, 7) is 5.74. The van der Waals surface area contributed by atoms with Crippen molar-refractivity contribution in [2.75, 3.05) is 18.4 Å². The Labute approximate surface area is 140 Å². The van der Waals surface area contributed by atoms with Crippen molar-refractivity contribution in [1.82, 2.24) is 20.3 Å². The van der Waals surface area contributed by atoms with E-state index in [9.17, 15) is 4.79 Å². The highest BCUT2D eigenvalue weighted by Crippen LogP contribution is 2.23. The first-order valence-corrected chi connectivity index (χ1v) is 8.14. The molecule has 122 valence electrons. The summed E-state index contributed by atoms with van der Waals surface area (Å²) in [4.78, 5) is 12.5. The van der Waals surface area contributed by atoms with Crippen molar-refractivity contribution in [3.05, 3.63) is 40.2 Å². The Hall–Kier alpha value is -1.92. The Kier molecular flexibility index (Phi) is 4.63. The molecule has 23 heavy (non-hydrogen) atoms. The van der Waals surface area contributed by atoms with Gasteiger partial charge in [-0.3, -0.25) is 4.79 Å². The summed E-state index contributed by atoms with van der Waals surface area (Å²) in [6, 6.07) is 5.71. The van der Waals surface area contributed by atoms with Gasteiger partial charge in [-0.25, -0.2) is 4.68 Å². The molecule has 1 amide bonds. The zero-order valence-electron chi connectivity index (χ0n) is 13.3. The Morgan fingerprint density at radius 1 is 1.35 bits per heavy atom. The molecule has 0 spiro atoms. The predicted octanol–water partition coefficient (Wildman–Crippen LogP) is 2.73. The van der Waals surface area contributed by atoms with Gasteiger partial charge in [0.1, 0.15) is 0 Å². The van der Waals surface area contributed by atoms with Crippen molar-refractivity contribution in [3.8, 4) is 0 Å². The lowest BCUT2D eigenvalue weighted by molar-refractivity contribution is 0.102. The Balaban J connectivity index is 1.80. The number of hydrogen-bond donors (Lipinski definition) is 2. The van der Waals surface area contributed by atoms with E-state index in [0.29, 0.717) is 22.4 Å². The largest absolute Gasteiger partial charge is 0.320 e. The normalized spacial score (nSPS) is 15.6. The lowest BCUT2D eigenvalue weighted by Gasteiger charge is -2.23. The zero-order chi connectivity index (χ0) is 16.4. The van der Waals surface area contributed by atoms with E-state index in [0.717, 1.165) is 37.2 Å². The molecule has 2 N–H and O–H groups in total. The topological polar surface area (TPSA) is 71.8 Å². The number of halogens is 1. The fraction of sp³-hybridized carbons (Fsp3) is 0.438. The minimum Gasteiger partial charge on any atom is -0.320 e.